The molecule has 22 heavy (non-hydrogen) atoms. The van der Waals surface area contributed by atoms with E-state index in [-0.39, 0.29) is 19.1 Å². The second kappa shape index (κ2) is 6.55. The molecular weight excluding hydrogens is 312 g/mol. The molecular formula is C13H18N2O6S. The highest BCUT2D eigenvalue weighted by atomic mass is 32.2. The third-order valence-electron chi connectivity index (χ3n) is 3.85. The minimum absolute atomic E-state index is 0.177. The summed E-state index contributed by atoms with van der Waals surface area (Å²) < 4.78 is 12.3. The fourth-order valence-electron chi connectivity index (χ4n) is 2.66. The Bertz CT molecular complexity index is 638. The molecule has 0 aromatic carbocycles. The number of nitrogens with one attached hydrogen (secondary N) is 1. The second-order valence-electron chi connectivity index (χ2n) is 5.30. The second-order valence-corrected chi connectivity index (χ2v) is 6.45. The minimum atomic E-state index is -0.848. The van der Waals surface area contributed by atoms with E-state index in [1.165, 1.54) is 10.8 Å². The average Bonchev–Trinajstić information content (AvgIpc) is 2.89. The SMILES string of the molecule is O=c1[nH]c(=O)n([C@H]2C[C@H](O)[C@@H](CO)O2)cc1C1CSCCO1. The number of H-pyrrole nitrogens is 1. The summed E-state index contributed by atoms with van der Waals surface area (Å²) in [6.07, 6.45) is -1.04. The first-order valence-electron chi connectivity index (χ1n) is 7.09. The molecule has 4 atom stereocenters. The van der Waals surface area contributed by atoms with E-state index < -0.39 is 29.7 Å². The van der Waals surface area contributed by atoms with Crippen LogP contribution in [0.4, 0.5) is 0 Å². The number of rotatable bonds is 3. The van der Waals surface area contributed by atoms with Crippen LogP contribution < -0.4 is 11.2 Å². The Balaban J connectivity index is 1.91. The molecule has 2 fully saturated rings. The van der Waals surface area contributed by atoms with Crippen LogP contribution in [-0.2, 0) is 9.47 Å². The fourth-order valence-corrected chi connectivity index (χ4v) is 3.53. The molecule has 3 N–H and O–H groups in total. The predicted octanol–water partition coefficient (Wildman–Crippen LogP) is -1.02. The Morgan fingerprint density at radius 2 is 2.27 bits per heavy atom. The van der Waals surface area contributed by atoms with E-state index in [4.69, 9.17) is 14.6 Å². The van der Waals surface area contributed by atoms with Crippen molar-refractivity contribution >= 4 is 11.8 Å². The molecule has 0 aliphatic carbocycles. The van der Waals surface area contributed by atoms with E-state index in [1.807, 2.05) is 0 Å². The van der Waals surface area contributed by atoms with Crippen LogP contribution in [0.25, 0.3) is 0 Å². The molecule has 2 saturated heterocycles. The van der Waals surface area contributed by atoms with Crippen molar-refractivity contribution in [2.45, 2.75) is 31.0 Å². The van der Waals surface area contributed by atoms with Gasteiger partial charge in [0.15, 0.2) is 0 Å². The van der Waals surface area contributed by atoms with Gasteiger partial charge in [-0.25, -0.2) is 4.79 Å². The summed E-state index contributed by atoms with van der Waals surface area (Å²) in [5.74, 6) is 1.53. The number of ether oxygens (including phenoxy) is 2. The van der Waals surface area contributed by atoms with Crippen molar-refractivity contribution in [3.63, 3.8) is 0 Å². The molecule has 2 aliphatic rings. The summed E-state index contributed by atoms with van der Waals surface area (Å²) in [5, 5.41) is 18.9. The molecule has 3 rings (SSSR count). The van der Waals surface area contributed by atoms with Gasteiger partial charge in [-0.3, -0.25) is 14.3 Å². The molecule has 8 nitrogen and oxygen atoms in total. The number of hydrogen-bond acceptors (Lipinski definition) is 7. The summed E-state index contributed by atoms with van der Waals surface area (Å²) in [7, 11) is 0. The first-order chi connectivity index (χ1) is 10.6. The monoisotopic (exact) mass is 330 g/mol. The maximum absolute atomic E-state index is 12.0. The summed E-state index contributed by atoms with van der Waals surface area (Å²) in [6.45, 7) is 0.226. The topological polar surface area (TPSA) is 114 Å². The molecule has 122 valence electrons. The fraction of sp³-hybridized carbons (Fsp3) is 0.692. The molecule has 2 aliphatic heterocycles. The number of aliphatic hydroxyl groups excluding tert-OH is 2. The van der Waals surface area contributed by atoms with Gasteiger partial charge in [-0.1, -0.05) is 0 Å². The smallest absolute Gasteiger partial charge is 0.330 e. The third-order valence-corrected chi connectivity index (χ3v) is 4.85. The predicted molar refractivity (Wildman–Crippen MR) is 79.0 cm³/mol. The Morgan fingerprint density at radius 3 is 2.91 bits per heavy atom. The lowest BCUT2D eigenvalue weighted by Gasteiger charge is -2.23. The van der Waals surface area contributed by atoms with Gasteiger partial charge in [0.2, 0.25) is 0 Å². The zero-order chi connectivity index (χ0) is 15.7. The van der Waals surface area contributed by atoms with Crippen LogP contribution in [-0.4, -0.2) is 56.7 Å². The quantitative estimate of drug-likeness (QED) is 0.650. The number of aliphatic hydroxyl groups is 2. The van der Waals surface area contributed by atoms with Crippen LogP contribution in [0.3, 0.4) is 0 Å². The maximum atomic E-state index is 12.0. The minimum Gasteiger partial charge on any atom is -0.394 e. The lowest BCUT2D eigenvalue weighted by molar-refractivity contribution is -0.0462. The van der Waals surface area contributed by atoms with Crippen molar-refractivity contribution in [3.05, 3.63) is 32.6 Å². The molecule has 0 amide bonds. The first-order valence-corrected chi connectivity index (χ1v) is 8.24. The Labute approximate surface area is 130 Å². The van der Waals surface area contributed by atoms with E-state index in [9.17, 15) is 14.7 Å². The molecule has 9 heteroatoms. The molecule has 0 saturated carbocycles. The summed E-state index contributed by atoms with van der Waals surface area (Å²) >= 11 is 1.68. The van der Waals surface area contributed by atoms with Crippen LogP contribution in [0.15, 0.2) is 15.8 Å². The van der Waals surface area contributed by atoms with Crippen LogP contribution in [0.5, 0.6) is 0 Å². The van der Waals surface area contributed by atoms with E-state index in [0.29, 0.717) is 17.9 Å². The van der Waals surface area contributed by atoms with Gasteiger partial charge in [0.1, 0.15) is 12.3 Å². The molecule has 3 heterocycles. The number of hydrogen-bond donors (Lipinski definition) is 3. The average molecular weight is 330 g/mol. The van der Waals surface area contributed by atoms with Crippen molar-refractivity contribution < 1.29 is 19.7 Å². The Morgan fingerprint density at radius 1 is 1.45 bits per heavy atom. The Hall–Kier alpha value is -1.13. The highest BCUT2D eigenvalue weighted by Gasteiger charge is 2.35. The van der Waals surface area contributed by atoms with Gasteiger partial charge >= 0.3 is 5.69 Å². The molecule has 0 radical (unpaired) electrons. The third kappa shape index (κ3) is 2.99. The van der Waals surface area contributed by atoms with Crippen molar-refractivity contribution in [2.75, 3.05) is 24.7 Å². The van der Waals surface area contributed by atoms with E-state index in [0.717, 1.165) is 5.75 Å². The lowest BCUT2D eigenvalue weighted by Crippen LogP contribution is -2.36. The molecule has 1 unspecified atom stereocenters. The van der Waals surface area contributed by atoms with Crippen LogP contribution in [0.2, 0.25) is 0 Å². The zero-order valence-electron chi connectivity index (χ0n) is 11.8. The van der Waals surface area contributed by atoms with Gasteiger partial charge in [-0.15, -0.1) is 0 Å². The van der Waals surface area contributed by atoms with E-state index in [2.05, 4.69) is 4.98 Å². The van der Waals surface area contributed by atoms with Crippen LogP contribution in [0.1, 0.15) is 24.3 Å². The van der Waals surface area contributed by atoms with Crippen molar-refractivity contribution in [1.82, 2.24) is 9.55 Å². The zero-order valence-corrected chi connectivity index (χ0v) is 12.6. The van der Waals surface area contributed by atoms with E-state index >= 15 is 0 Å². The summed E-state index contributed by atoms with van der Waals surface area (Å²) in [5.41, 5.74) is -0.698. The summed E-state index contributed by atoms with van der Waals surface area (Å²) in [6, 6.07) is 0. The van der Waals surface area contributed by atoms with Gasteiger partial charge in [0, 0.05) is 24.1 Å². The van der Waals surface area contributed by atoms with Crippen LogP contribution in [0, 0.1) is 0 Å². The van der Waals surface area contributed by atoms with Gasteiger partial charge in [-0.2, -0.15) is 11.8 Å². The highest BCUT2D eigenvalue weighted by molar-refractivity contribution is 7.99. The number of thioether (sulfide) groups is 1. The maximum Gasteiger partial charge on any atom is 0.330 e. The van der Waals surface area contributed by atoms with Crippen molar-refractivity contribution in [2.24, 2.45) is 0 Å². The molecule has 1 aromatic heterocycles. The number of nitrogens with zero attached hydrogens (tertiary/aromatic N) is 1. The van der Waals surface area contributed by atoms with Gasteiger partial charge in [0.05, 0.1) is 31.0 Å². The van der Waals surface area contributed by atoms with Gasteiger partial charge < -0.3 is 19.7 Å². The normalized spacial score (nSPS) is 32.3. The Kier molecular flexibility index (Phi) is 4.69. The standard InChI is InChI=1S/C13H18N2O6S/c16-5-9-8(17)3-11(21-9)15-4-7(12(18)14-13(15)19)10-6-22-2-1-20-10/h4,8-11,16-17H,1-3,5-6H2,(H,14,18,19)/t8-,9+,10?,11+/m0/s1. The lowest BCUT2D eigenvalue weighted by atomic mass is 10.2. The largest absolute Gasteiger partial charge is 0.394 e. The van der Waals surface area contributed by atoms with Crippen LogP contribution >= 0.6 is 11.8 Å². The van der Waals surface area contributed by atoms with Crippen molar-refractivity contribution in [1.29, 1.82) is 0 Å². The molecule has 1 aromatic rings. The number of aromatic amines is 1. The molecule has 0 bridgehead atoms. The first kappa shape index (κ1) is 15.8. The highest BCUT2D eigenvalue weighted by Crippen LogP contribution is 2.29. The van der Waals surface area contributed by atoms with Gasteiger partial charge in [0.25, 0.3) is 5.56 Å². The van der Waals surface area contributed by atoms with E-state index in [1.54, 1.807) is 11.8 Å². The van der Waals surface area contributed by atoms with Gasteiger partial charge in [-0.05, 0) is 0 Å². The summed E-state index contributed by atoms with van der Waals surface area (Å²) in [4.78, 5) is 26.3. The number of aromatic nitrogens is 2. The van der Waals surface area contributed by atoms with Crippen molar-refractivity contribution in [3.8, 4) is 0 Å². The molecule has 0 spiro atoms.